The van der Waals surface area contributed by atoms with Gasteiger partial charge in [0.2, 0.25) is 0 Å². The molecule has 0 fully saturated rings. The van der Waals surface area contributed by atoms with Gasteiger partial charge in [-0.25, -0.2) is 4.79 Å². The molecule has 0 bridgehead atoms. The molecule has 2 rings (SSSR count). The molecule has 1 aliphatic heterocycles. The molecule has 17 heavy (non-hydrogen) atoms. The highest BCUT2D eigenvalue weighted by molar-refractivity contribution is 5.85. The van der Waals surface area contributed by atoms with Crippen LogP contribution in [0.4, 0.5) is 0 Å². The lowest BCUT2D eigenvalue weighted by Gasteiger charge is -2.18. The monoisotopic (exact) mass is 233 g/mol. The second kappa shape index (κ2) is 4.45. The van der Waals surface area contributed by atoms with Crippen LogP contribution in [0.5, 0.6) is 0 Å². The fourth-order valence-corrected chi connectivity index (χ4v) is 1.87. The molecule has 90 valence electrons. The van der Waals surface area contributed by atoms with E-state index in [0.29, 0.717) is 6.54 Å². The van der Waals surface area contributed by atoms with Crippen molar-refractivity contribution in [2.45, 2.75) is 20.4 Å². The molecule has 1 aromatic rings. The van der Waals surface area contributed by atoms with E-state index < -0.39 is 0 Å². The van der Waals surface area contributed by atoms with Crippen molar-refractivity contribution >= 4 is 12.2 Å². The minimum Gasteiger partial charge on any atom is -0.466 e. The summed E-state index contributed by atoms with van der Waals surface area (Å²) in [5.74, 6) is -0.382. The van der Waals surface area contributed by atoms with Gasteiger partial charge in [0, 0.05) is 34.8 Å². The van der Waals surface area contributed by atoms with E-state index in [1.54, 1.807) is 17.4 Å². The smallest absolute Gasteiger partial charge is 0.332 e. The summed E-state index contributed by atoms with van der Waals surface area (Å²) in [4.78, 5) is 14.3. The average molecular weight is 233 g/mol. The number of methoxy groups -OCH3 is 1. The molecule has 0 aromatic carbocycles. The Morgan fingerprint density at radius 1 is 1.53 bits per heavy atom. The molecule has 1 N–H and O–H groups in total. The maximum absolute atomic E-state index is 11.0. The van der Waals surface area contributed by atoms with Gasteiger partial charge >= 0.3 is 5.97 Å². The molecule has 0 saturated carbocycles. The lowest BCUT2D eigenvalue weighted by atomic mass is 10.1. The second-order valence-electron chi connectivity index (χ2n) is 3.95. The number of H-pyrrole nitrogens is 1. The fraction of sp³-hybridized carbons (Fsp3) is 0.333. The number of hydrogen-bond donors (Lipinski definition) is 1. The van der Waals surface area contributed by atoms with Crippen molar-refractivity contribution in [1.29, 1.82) is 0 Å². The zero-order chi connectivity index (χ0) is 12.4. The van der Waals surface area contributed by atoms with Gasteiger partial charge in [-0.05, 0) is 13.8 Å². The minimum absolute atomic E-state index is 0.382. The molecule has 5 heteroatoms. The van der Waals surface area contributed by atoms with Crippen molar-refractivity contribution in [3.8, 4) is 0 Å². The van der Waals surface area contributed by atoms with Crippen molar-refractivity contribution in [1.82, 2.24) is 9.99 Å². The standard InChI is InChI=1S/C12H15N3O2/c1-8-10-6-13-15(5-4-12(16)17-3)7-11(10)9(2)14-8/h4-6,14H,7H2,1-3H3. The normalized spacial score (nSPS) is 14.2. The van der Waals surface area contributed by atoms with Crippen LogP contribution in [0.25, 0.3) is 0 Å². The average Bonchev–Trinajstić information content (AvgIpc) is 2.62. The van der Waals surface area contributed by atoms with E-state index in [4.69, 9.17) is 0 Å². The Morgan fingerprint density at radius 2 is 2.29 bits per heavy atom. The van der Waals surface area contributed by atoms with Crippen LogP contribution in [0.3, 0.4) is 0 Å². The van der Waals surface area contributed by atoms with Gasteiger partial charge < -0.3 is 9.72 Å². The molecule has 0 unspecified atom stereocenters. The van der Waals surface area contributed by atoms with Crippen molar-refractivity contribution in [2.75, 3.05) is 7.11 Å². The number of carbonyl (C=O) groups is 1. The van der Waals surface area contributed by atoms with Crippen LogP contribution >= 0.6 is 0 Å². The highest BCUT2D eigenvalue weighted by atomic mass is 16.5. The third kappa shape index (κ3) is 2.22. The summed E-state index contributed by atoms with van der Waals surface area (Å²) < 4.78 is 4.53. The van der Waals surface area contributed by atoms with Gasteiger partial charge in [-0.15, -0.1) is 0 Å². The van der Waals surface area contributed by atoms with Gasteiger partial charge in [0.15, 0.2) is 0 Å². The Morgan fingerprint density at radius 3 is 3.00 bits per heavy atom. The molecule has 0 atom stereocenters. The third-order valence-electron chi connectivity index (χ3n) is 2.80. The quantitative estimate of drug-likeness (QED) is 0.621. The van der Waals surface area contributed by atoms with Crippen molar-refractivity contribution in [2.24, 2.45) is 5.10 Å². The molecule has 1 aromatic heterocycles. The summed E-state index contributed by atoms with van der Waals surface area (Å²) in [7, 11) is 1.35. The van der Waals surface area contributed by atoms with Crippen molar-refractivity contribution < 1.29 is 9.53 Å². The zero-order valence-corrected chi connectivity index (χ0v) is 10.2. The summed E-state index contributed by atoms with van der Waals surface area (Å²) in [5.41, 5.74) is 4.62. The maximum Gasteiger partial charge on any atom is 0.332 e. The van der Waals surface area contributed by atoms with Gasteiger partial charge in [0.05, 0.1) is 19.9 Å². The van der Waals surface area contributed by atoms with Crippen LogP contribution < -0.4 is 0 Å². The third-order valence-corrected chi connectivity index (χ3v) is 2.80. The highest BCUT2D eigenvalue weighted by Crippen LogP contribution is 2.22. The van der Waals surface area contributed by atoms with E-state index in [1.165, 1.54) is 18.7 Å². The first kappa shape index (κ1) is 11.4. The number of nitrogens with zero attached hydrogens (tertiary/aromatic N) is 2. The number of fused-ring (bicyclic) bond motifs is 1. The minimum atomic E-state index is -0.382. The van der Waals surface area contributed by atoms with Gasteiger partial charge in [-0.3, -0.25) is 5.01 Å². The van der Waals surface area contributed by atoms with Gasteiger partial charge in [0.25, 0.3) is 0 Å². The summed E-state index contributed by atoms with van der Waals surface area (Å²) >= 11 is 0. The van der Waals surface area contributed by atoms with Crippen molar-refractivity contribution in [3.63, 3.8) is 0 Å². The Bertz CT molecular complexity index is 500. The van der Waals surface area contributed by atoms with Gasteiger partial charge in [-0.1, -0.05) is 0 Å². The molecule has 2 heterocycles. The molecular formula is C12H15N3O2. The molecule has 0 radical (unpaired) electrons. The number of rotatable bonds is 2. The van der Waals surface area contributed by atoms with E-state index in [1.807, 2.05) is 13.8 Å². The molecule has 0 saturated heterocycles. The molecule has 0 aliphatic carbocycles. The maximum atomic E-state index is 11.0. The Balaban J connectivity index is 2.17. The molecule has 0 spiro atoms. The van der Waals surface area contributed by atoms with E-state index in [2.05, 4.69) is 14.8 Å². The Labute approximate surface area is 99.8 Å². The number of aromatic nitrogens is 1. The second-order valence-corrected chi connectivity index (χ2v) is 3.95. The Hall–Kier alpha value is -2.04. The number of aromatic amines is 1. The van der Waals surface area contributed by atoms with Gasteiger partial charge in [0.1, 0.15) is 0 Å². The van der Waals surface area contributed by atoms with E-state index >= 15 is 0 Å². The van der Waals surface area contributed by atoms with E-state index in [9.17, 15) is 4.79 Å². The van der Waals surface area contributed by atoms with Crippen LogP contribution in [0, 0.1) is 13.8 Å². The summed E-state index contributed by atoms with van der Waals surface area (Å²) in [6.07, 6.45) is 4.78. The number of nitrogens with one attached hydrogen (secondary N) is 1. The zero-order valence-electron chi connectivity index (χ0n) is 10.2. The number of hydrazone groups is 1. The first-order valence-electron chi connectivity index (χ1n) is 5.36. The lowest BCUT2D eigenvalue weighted by Crippen LogP contribution is -2.16. The molecule has 1 aliphatic rings. The van der Waals surface area contributed by atoms with Crippen LogP contribution in [0.1, 0.15) is 22.5 Å². The first-order valence-corrected chi connectivity index (χ1v) is 5.36. The number of ether oxygens (including phenoxy) is 1. The number of hydrogen-bond acceptors (Lipinski definition) is 4. The lowest BCUT2D eigenvalue weighted by molar-refractivity contribution is -0.134. The van der Waals surface area contributed by atoms with Crippen LogP contribution in [0.2, 0.25) is 0 Å². The largest absolute Gasteiger partial charge is 0.466 e. The van der Waals surface area contributed by atoms with E-state index in [-0.39, 0.29) is 5.97 Å². The number of carbonyl (C=O) groups excluding carboxylic acids is 1. The van der Waals surface area contributed by atoms with Crippen LogP contribution in [0.15, 0.2) is 17.4 Å². The SMILES string of the molecule is COC(=O)C=CN1Cc2c(C)[nH]c(C)c2C=N1. The summed E-state index contributed by atoms with van der Waals surface area (Å²) in [6.45, 7) is 4.72. The first-order chi connectivity index (χ1) is 8.11. The van der Waals surface area contributed by atoms with E-state index in [0.717, 1.165) is 17.0 Å². The molecular weight excluding hydrogens is 218 g/mol. The Kier molecular flexibility index (Phi) is 2.99. The highest BCUT2D eigenvalue weighted by Gasteiger charge is 2.16. The summed E-state index contributed by atoms with van der Waals surface area (Å²) in [6, 6.07) is 0. The van der Waals surface area contributed by atoms with Crippen LogP contribution in [-0.4, -0.2) is 29.3 Å². The molecule has 5 nitrogen and oxygen atoms in total. The number of aryl methyl sites for hydroxylation is 2. The fourth-order valence-electron chi connectivity index (χ4n) is 1.87. The van der Waals surface area contributed by atoms with Crippen molar-refractivity contribution in [3.05, 3.63) is 34.8 Å². The topological polar surface area (TPSA) is 57.7 Å². The van der Waals surface area contributed by atoms with Crippen LogP contribution in [-0.2, 0) is 16.1 Å². The predicted octanol–water partition coefficient (Wildman–Crippen LogP) is 1.47. The number of esters is 1. The van der Waals surface area contributed by atoms with Gasteiger partial charge in [-0.2, -0.15) is 5.10 Å². The molecule has 0 amide bonds. The predicted molar refractivity (Wildman–Crippen MR) is 64.6 cm³/mol. The summed E-state index contributed by atoms with van der Waals surface area (Å²) in [5, 5.41) is 5.95.